The minimum Gasteiger partial charge on any atom is -0.298 e. The number of nitrogens with one attached hydrogen (secondary N) is 1. The van der Waals surface area contributed by atoms with E-state index in [4.69, 9.17) is 0 Å². The number of rotatable bonds is 6. The molecule has 0 aliphatic carbocycles. The van der Waals surface area contributed by atoms with E-state index in [9.17, 15) is 13.2 Å². The van der Waals surface area contributed by atoms with Gasteiger partial charge in [0, 0.05) is 23.6 Å². The summed E-state index contributed by atoms with van der Waals surface area (Å²) in [6, 6.07) is 20.9. The molecule has 0 saturated heterocycles. The summed E-state index contributed by atoms with van der Waals surface area (Å²) in [5, 5.41) is 5.19. The number of para-hydroxylation sites is 1. The number of anilines is 2. The Labute approximate surface area is 197 Å². The van der Waals surface area contributed by atoms with Crippen molar-refractivity contribution >= 4 is 38.1 Å². The molecule has 8 heteroatoms. The first-order valence-corrected chi connectivity index (χ1v) is 12.6. The highest BCUT2D eigenvalue weighted by Gasteiger charge is 2.21. The summed E-state index contributed by atoms with van der Waals surface area (Å²) in [7, 11) is -2.24. The largest absolute Gasteiger partial charge is 0.298 e. The van der Waals surface area contributed by atoms with Gasteiger partial charge in [-0.1, -0.05) is 35.9 Å². The lowest BCUT2D eigenvalue weighted by Gasteiger charge is -2.19. The summed E-state index contributed by atoms with van der Waals surface area (Å²) in [5.74, 6) is -0.350. The zero-order valence-electron chi connectivity index (χ0n) is 18.4. The first-order chi connectivity index (χ1) is 15.8. The molecule has 1 heterocycles. The molecule has 0 spiro atoms. The molecular formula is C25H23N3O3S2. The van der Waals surface area contributed by atoms with Crippen LogP contribution in [0.4, 0.5) is 10.8 Å². The Morgan fingerprint density at radius 1 is 0.970 bits per heavy atom. The molecule has 0 fully saturated rings. The SMILES string of the molecule is Cc1ccc(C)c(-c2csc(NC(=O)c3ccc(S(=O)(=O)N(C)c4ccccc4)cc3)n2)c1. The van der Waals surface area contributed by atoms with Gasteiger partial charge in [0.25, 0.3) is 15.9 Å². The molecule has 1 aromatic heterocycles. The Balaban J connectivity index is 1.49. The van der Waals surface area contributed by atoms with Crippen molar-refractivity contribution in [3.63, 3.8) is 0 Å². The molecule has 0 aliphatic rings. The number of carbonyl (C=O) groups excluding carboxylic acids is 1. The number of aryl methyl sites for hydroxylation is 2. The lowest BCUT2D eigenvalue weighted by atomic mass is 10.0. The molecule has 0 unspecified atom stereocenters. The van der Waals surface area contributed by atoms with Crippen molar-refractivity contribution in [3.8, 4) is 11.3 Å². The maximum absolute atomic E-state index is 12.9. The number of hydrogen-bond donors (Lipinski definition) is 1. The molecule has 3 aromatic carbocycles. The standard InChI is InChI=1S/C25H23N3O3S2/c1-17-9-10-18(2)22(15-17)23-16-32-25(26-23)27-24(29)19-11-13-21(14-12-19)33(30,31)28(3)20-7-5-4-6-8-20/h4-16H,1-3H3,(H,26,27,29). The second kappa shape index (κ2) is 9.17. The van der Waals surface area contributed by atoms with Crippen LogP contribution >= 0.6 is 11.3 Å². The molecule has 4 rings (SSSR count). The first-order valence-electron chi connectivity index (χ1n) is 10.2. The Morgan fingerprint density at radius 3 is 2.36 bits per heavy atom. The molecule has 6 nitrogen and oxygen atoms in total. The van der Waals surface area contributed by atoms with Crippen LogP contribution in [0.2, 0.25) is 0 Å². The normalized spacial score (nSPS) is 11.2. The van der Waals surface area contributed by atoms with E-state index in [1.165, 1.54) is 47.0 Å². The summed E-state index contributed by atoms with van der Waals surface area (Å²) >= 11 is 1.35. The van der Waals surface area contributed by atoms with Crippen LogP contribution in [0.3, 0.4) is 0 Å². The van der Waals surface area contributed by atoms with Gasteiger partial charge in [-0.3, -0.25) is 14.4 Å². The molecular weight excluding hydrogens is 454 g/mol. The number of sulfonamides is 1. The fourth-order valence-corrected chi connectivity index (χ4v) is 5.25. The van der Waals surface area contributed by atoms with Gasteiger partial charge in [-0.2, -0.15) is 0 Å². The monoisotopic (exact) mass is 477 g/mol. The van der Waals surface area contributed by atoms with Gasteiger partial charge in [-0.15, -0.1) is 11.3 Å². The third-order valence-corrected chi connectivity index (χ3v) is 7.85. The Bertz CT molecular complexity index is 1400. The van der Waals surface area contributed by atoms with Crippen molar-refractivity contribution in [2.75, 3.05) is 16.7 Å². The van der Waals surface area contributed by atoms with E-state index in [0.717, 1.165) is 22.4 Å². The molecule has 168 valence electrons. The minimum atomic E-state index is -3.74. The third kappa shape index (κ3) is 4.81. The van der Waals surface area contributed by atoms with E-state index < -0.39 is 10.0 Å². The van der Waals surface area contributed by atoms with Gasteiger partial charge in [0.15, 0.2) is 5.13 Å². The van der Waals surface area contributed by atoms with Crippen LogP contribution in [0.15, 0.2) is 83.1 Å². The summed E-state index contributed by atoms with van der Waals surface area (Å²) < 4.78 is 27.0. The number of benzene rings is 3. The average molecular weight is 478 g/mol. The number of thiazole rings is 1. The summed E-state index contributed by atoms with van der Waals surface area (Å²) in [5.41, 5.74) is 5.00. The smallest absolute Gasteiger partial charge is 0.264 e. The second-order valence-corrected chi connectivity index (χ2v) is 10.5. The molecule has 33 heavy (non-hydrogen) atoms. The van der Waals surface area contributed by atoms with Gasteiger partial charge in [0.1, 0.15) is 0 Å². The van der Waals surface area contributed by atoms with E-state index in [-0.39, 0.29) is 10.8 Å². The summed E-state index contributed by atoms with van der Waals surface area (Å²) in [4.78, 5) is 17.3. The van der Waals surface area contributed by atoms with Crippen LogP contribution in [-0.2, 0) is 10.0 Å². The van der Waals surface area contributed by atoms with Crippen molar-refractivity contribution in [2.45, 2.75) is 18.7 Å². The van der Waals surface area contributed by atoms with Gasteiger partial charge in [-0.05, 0) is 61.9 Å². The van der Waals surface area contributed by atoms with E-state index in [1.807, 2.05) is 31.4 Å². The molecule has 1 N–H and O–H groups in total. The van der Waals surface area contributed by atoms with Crippen LogP contribution in [0.1, 0.15) is 21.5 Å². The van der Waals surface area contributed by atoms with Crippen LogP contribution in [-0.4, -0.2) is 26.4 Å². The van der Waals surface area contributed by atoms with Gasteiger partial charge in [0.2, 0.25) is 0 Å². The van der Waals surface area contributed by atoms with Crippen molar-refractivity contribution in [1.29, 1.82) is 0 Å². The molecule has 0 aliphatic heterocycles. The predicted molar refractivity (Wildman–Crippen MR) is 133 cm³/mol. The Kier molecular flexibility index (Phi) is 6.31. The van der Waals surface area contributed by atoms with Gasteiger partial charge in [-0.25, -0.2) is 13.4 Å². The number of aromatic nitrogens is 1. The van der Waals surface area contributed by atoms with Crippen molar-refractivity contribution < 1.29 is 13.2 Å². The highest BCUT2D eigenvalue weighted by atomic mass is 32.2. The van der Waals surface area contributed by atoms with Crippen LogP contribution < -0.4 is 9.62 Å². The molecule has 0 saturated carbocycles. The minimum absolute atomic E-state index is 0.108. The molecule has 0 atom stereocenters. The van der Waals surface area contributed by atoms with Crippen LogP contribution in [0, 0.1) is 13.8 Å². The molecule has 4 aromatic rings. The predicted octanol–water partition coefficient (Wildman–Crippen LogP) is 5.50. The maximum atomic E-state index is 12.9. The average Bonchev–Trinajstić information content (AvgIpc) is 3.29. The van der Waals surface area contributed by atoms with E-state index in [0.29, 0.717) is 16.4 Å². The number of hydrogen-bond acceptors (Lipinski definition) is 5. The van der Waals surface area contributed by atoms with Crippen molar-refractivity contribution in [1.82, 2.24) is 4.98 Å². The lowest BCUT2D eigenvalue weighted by molar-refractivity contribution is 0.102. The third-order valence-electron chi connectivity index (χ3n) is 5.29. The fraction of sp³-hybridized carbons (Fsp3) is 0.120. The second-order valence-electron chi connectivity index (χ2n) is 7.64. The number of amides is 1. The highest BCUT2D eigenvalue weighted by molar-refractivity contribution is 7.92. The summed E-state index contributed by atoms with van der Waals surface area (Å²) in [6.45, 7) is 4.05. The van der Waals surface area contributed by atoms with Crippen LogP contribution in [0.5, 0.6) is 0 Å². The molecule has 0 radical (unpaired) electrons. The quantitative estimate of drug-likeness (QED) is 0.397. The topological polar surface area (TPSA) is 79.4 Å². The lowest BCUT2D eigenvalue weighted by Crippen LogP contribution is -2.26. The fourth-order valence-electron chi connectivity index (χ4n) is 3.35. The highest BCUT2D eigenvalue weighted by Crippen LogP contribution is 2.28. The van der Waals surface area contributed by atoms with Crippen LogP contribution in [0.25, 0.3) is 11.3 Å². The van der Waals surface area contributed by atoms with Gasteiger partial charge in [0.05, 0.1) is 16.3 Å². The molecule has 1 amide bonds. The van der Waals surface area contributed by atoms with Gasteiger partial charge >= 0.3 is 0 Å². The van der Waals surface area contributed by atoms with Crippen molar-refractivity contribution in [2.24, 2.45) is 0 Å². The number of nitrogens with zero attached hydrogens (tertiary/aromatic N) is 2. The summed E-state index contributed by atoms with van der Waals surface area (Å²) in [6.07, 6.45) is 0. The first kappa shape index (κ1) is 22.7. The zero-order valence-corrected chi connectivity index (χ0v) is 20.1. The van der Waals surface area contributed by atoms with E-state index in [1.54, 1.807) is 24.3 Å². The Hall–Kier alpha value is -3.49. The zero-order chi connectivity index (χ0) is 23.6. The number of carbonyl (C=O) groups is 1. The molecule has 0 bridgehead atoms. The Morgan fingerprint density at radius 2 is 1.67 bits per heavy atom. The van der Waals surface area contributed by atoms with E-state index in [2.05, 4.69) is 22.4 Å². The van der Waals surface area contributed by atoms with E-state index >= 15 is 0 Å². The van der Waals surface area contributed by atoms with Gasteiger partial charge < -0.3 is 0 Å². The maximum Gasteiger partial charge on any atom is 0.264 e. The van der Waals surface area contributed by atoms with Crippen molar-refractivity contribution in [3.05, 3.63) is 94.9 Å².